The van der Waals surface area contributed by atoms with Crippen LogP contribution in [0.5, 0.6) is 0 Å². The molecule has 3 aromatic rings. The van der Waals surface area contributed by atoms with Gasteiger partial charge in [-0.2, -0.15) is 5.10 Å². The number of hydrogen-bond acceptors (Lipinski definition) is 3. The monoisotopic (exact) mass is 359 g/mol. The van der Waals surface area contributed by atoms with Crippen LogP contribution < -0.4 is 5.32 Å². The van der Waals surface area contributed by atoms with Crippen molar-refractivity contribution < 1.29 is 9.21 Å². The average molecular weight is 360 g/mol. The Hall–Kier alpha value is -2.34. The van der Waals surface area contributed by atoms with Gasteiger partial charge in [0.05, 0.1) is 12.7 Å². The first-order valence-corrected chi connectivity index (χ1v) is 7.55. The normalized spacial score (nSPS) is 10.6. The Morgan fingerprint density at radius 1 is 1.23 bits per heavy atom. The molecule has 0 bridgehead atoms. The van der Waals surface area contributed by atoms with E-state index in [1.165, 1.54) is 5.56 Å². The number of nitrogens with zero attached hydrogens (tertiary/aromatic N) is 2. The fraction of sp³-hybridized carbons (Fsp3) is 0.125. The molecule has 1 aromatic carbocycles. The molecular weight excluding hydrogens is 346 g/mol. The summed E-state index contributed by atoms with van der Waals surface area (Å²) in [5.41, 5.74) is 2.33. The van der Waals surface area contributed by atoms with Gasteiger partial charge in [0.15, 0.2) is 10.4 Å². The summed E-state index contributed by atoms with van der Waals surface area (Å²) in [6.45, 7) is 2.63. The van der Waals surface area contributed by atoms with Crippen molar-refractivity contribution in [3.05, 3.63) is 70.2 Å². The quantitative estimate of drug-likeness (QED) is 0.769. The van der Waals surface area contributed by atoms with Crippen molar-refractivity contribution in [3.8, 4) is 0 Å². The van der Waals surface area contributed by atoms with E-state index in [9.17, 15) is 4.79 Å². The summed E-state index contributed by atoms with van der Waals surface area (Å²) in [4.78, 5) is 12.1. The van der Waals surface area contributed by atoms with Gasteiger partial charge in [-0.05, 0) is 40.5 Å². The molecule has 6 heteroatoms. The molecular formula is C16H14BrN3O2. The van der Waals surface area contributed by atoms with E-state index in [0.29, 0.717) is 17.0 Å². The molecule has 112 valence electrons. The van der Waals surface area contributed by atoms with E-state index in [4.69, 9.17) is 4.42 Å². The number of amides is 1. The standard InChI is InChI=1S/C16H14BrN3O2/c1-11-2-4-12(5-3-11)10-20-15(8-9-18-20)19-16(21)13-6-7-14(17)22-13/h2-9H,10H2,1H3,(H,19,21). The van der Waals surface area contributed by atoms with E-state index in [1.807, 2.05) is 19.1 Å². The number of carbonyl (C=O) groups excluding carboxylic acids is 1. The van der Waals surface area contributed by atoms with Gasteiger partial charge >= 0.3 is 0 Å². The third-order valence-electron chi connectivity index (χ3n) is 3.21. The van der Waals surface area contributed by atoms with E-state index in [1.54, 1.807) is 29.1 Å². The Balaban J connectivity index is 1.74. The number of aryl methyl sites for hydroxylation is 1. The molecule has 2 heterocycles. The maximum atomic E-state index is 12.1. The number of aromatic nitrogens is 2. The number of carbonyl (C=O) groups is 1. The summed E-state index contributed by atoms with van der Waals surface area (Å²) in [7, 11) is 0. The van der Waals surface area contributed by atoms with E-state index in [2.05, 4.69) is 38.5 Å². The molecule has 0 fully saturated rings. The topological polar surface area (TPSA) is 60.1 Å². The van der Waals surface area contributed by atoms with Crippen LogP contribution in [0.15, 0.2) is 57.7 Å². The largest absolute Gasteiger partial charge is 0.444 e. The Morgan fingerprint density at radius 3 is 2.68 bits per heavy atom. The minimum atomic E-state index is -0.309. The Kier molecular flexibility index (Phi) is 4.11. The smallest absolute Gasteiger partial charge is 0.292 e. The molecule has 1 N–H and O–H groups in total. The molecule has 1 amide bonds. The molecule has 0 aliphatic carbocycles. The van der Waals surface area contributed by atoms with Crippen LogP contribution in [0.4, 0.5) is 5.82 Å². The molecule has 5 nitrogen and oxygen atoms in total. The molecule has 0 aliphatic heterocycles. The molecule has 0 unspecified atom stereocenters. The van der Waals surface area contributed by atoms with Gasteiger partial charge in [0.2, 0.25) is 0 Å². The minimum Gasteiger partial charge on any atom is -0.444 e. The van der Waals surface area contributed by atoms with Crippen molar-refractivity contribution in [2.24, 2.45) is 0 Å². The summed E-state index contributed by atoms with van der Waals surface area (Å²) in [6, 6.07) is 13.2. The first kappa shape index (κ1) is 14.6. The zero-order chi connectivity index (χ0) is 15.5. The van der Waals surface area contributed by atoms with Crippen molar-refractivity contribution in [1.29, 1.82) is 0 Å². The first-order valence-electron chi connectivity index (χ1n) is 6.76. The van der Waals surface area contributed by atoms with Gasteiger partial charge in [0, 0.05) is 6.07 Å². The highest BCUT2D eigenvalue weighted by Crippen LogP contribution is 2.16. The summed E-state index contributed by atoms with van der Waals surface area (Å²) in [6.07, 6.45) is 1.65. The number of anilines is 1. The molecule has 0 saturated heterocycles. The number of nitrogens with one attached hydrogen (secondary N) is 1. The first-order chi connectivity index (χ1) is 10.6. The van der Waals surface area contributed by atoms with E-state index in [0.717, 1.165) is 5.56 Å². The maximum absolute atomic E-state index is 12.1. The third-order valence-corrected chi connectivity index (χ3v) is 3.63. The molecule has 3 rings (SSSR count). The second-order valence-corrected chi connectivity index (χ2v) is 5.70. The maximum Gasteiger partial charge on any atom is 0.292 e. The highest BCUT2D eigenvalue weighted by atomic mass is 79.9. The zero-order valence-electron chi connectivity index (χ0n) is 11.9. The predicted octanol–water partition coefficient (Wildman–Crippen LogP) is 3.85. The molecule has 0 radical (unpaired) electrons. The van der Waals surface area contributed by atoms with Crippen LogP contribution in [0.1, 0.15) is 21.7 Å². The predicted molar refractivity (Wildman–Crippen MR) is 86.9 cm³/mol. The number of rotatable bonds is 4. The number of furan rings is 1. The number of benzene rings is 1. The summed E-state index contributed by atoms with van der Waals surface area (Å²) < 4.78 is 7.50. The van der Waals surface area contributed by atoms with Crippen molar-refractivity contribution in [2.45, 2.75) is 13.5 Å². The second kappa shape index (κ2) is 6.19. The fourth-order valence-electron chi connectivity index (χ4n) is 2.05. The van der Waals surface area contributed by atoms with Gasteiger partial charge in [-0.15, -0.1) is 0 Å². The lowest BCUT2D eigenvalue weighted by Gasteiger charge is -2.08. The Bertz CT molecular complexity index is 790. The lowest BCUT2D eigenvalue weighted by atomic mass is 10.1. The van der Waals surface area contributed by atoms with Crippen LogP contribution in [0.25, 0.3) is 0 Å². The van der Waals surface area contributed by atoms with Crippen LogP contribution in [-0.4, -0.2) is 15.7 Å². The van der Waals surface area contributed by atoms with E-state index in [-0.39, 0.29) is 11.7 Å². The molecule has 0 spiro atoms. The van der Waals surface area contributed by atoms with Crippen molar-refractivity contribution >= 4 is 27.7 Å². The summed E-state index contributed by atoms with van der Waals surface area (Å²) in [5.74, 6) is 0.560. The van der Waals surface area contributed by atoms with Gasteiger partial charge in [-0.1, -0.05) is 29.8 Å². The average Bonchev–Trinajstić information content (AvgIpc) is 3.11. The van der Waals surface area contributed by atoms with Gasteiger partial charge in [-0.25, -0.2) is 4.68 Å². The number of halogens is 1. The van der Waals surface area contributed by atoms with Crippen molar-refractivity contribution in [3.63, 3.8) is 0 Å². The summed E-state index contributed by atoms with van der Waals surface area (Å²) >= 11 is 3.18. The molecule has 0 atom stereocenters. The van der Waals surface area contributed by atoms with Crippen LogP contribution in [0.3, 0.4) is 0 Å². The summed E-state index contributed by atoms with van der Waals surface area (Å²) in [5, 5.41) is 7.05. The number of hydrogen-bond donors (Lipinski definition) is 1. The highest BCUT2D eigenvalue weighted by molar-refractivity contribution is 9.10. The van der Waals surface area contributed by atoms with Crippen LogP contribution in [0, 0.1) is 6.92 Å². The van der Waals surface area contributed by atoms with Gasteiger partial charge in [0.1, 0.15) is 5.82 Å². The second-order valence-electron chi connectivity index (χ2n) is 4.92. The van der Waals surface area contributed by atoms with Crippen molar-refractivity contribution in [1.82, 2.24) is 9.78 Å². The fourth-order valence-corrected chi connectivity index (χ4v) is 2.35. The van der Waals surface area contributed by atoms with E-state index < -0.39 is 0 Å². The van der Waals surface area contributed by atoms with Crippen LogP contribution >= 0.6 is 15.9 Å². The lowest BCUT2D eigenvalue weighted by Crippen LogP contribution is -2.15. The van der Waals surface area contributed by atoms with Gasteiger partial charge in [0.25, 0.3) is 5.91 Å². The minimum absolute atomic E-state index is 0.245. The lowest BCUT2D eigenvalue weighted by molar-refractivity contribution is 0.0994. The van der Waals surface area contributed by atoms with E-state index >= 15 is 0 Å². The SMILES string of the molecule is Cc1ccc(Cn2nccc2NC(=O)c2ccc(Br)o2)cc1. The Morgan fingerprint density at radius 2 is 2.00 bits per heavy atom. The van der Waals surface area contributed by atoms with Crippen LogP contribution in [-0.2, 0) is 6.54 Å². The molecule has 2 aromatic heterocycles. The van der Waals surface area contributed by atoms with Gasteiger partial charge in [-0.3, -0.25) is 4.79 Å². The third kappa shape index (κ3) is 3.28. The molecule has 0 aliphatic rings. The van der Waals surface area contributed by atoms with Crippen LogP contribution in [0.2, 0.25) is 0 Å². The Labute approximate surface area is 136 Å². The zero-order valence-corrected chi connectivity index (χ0v) is 13.5. The molecule has 22 heavy (non-hydrogen) atoms. The highest BCUT2D eigenvalue weighted by Gasteiger charge is 2.13. The van der Waals surface area contributed by atoms with Gasteiger partial charge < -0.3 is 9.73 Å². The van der Waals surface area contributed by atoms with Crippen molar-refractivity contribution in [2.75, 3.05) is 5.32 Å². The molecule has 0 saturated carbocycles.